The number of carbonyl (C=O) groups excluding carboxylic acids is 1. The molecule has 160 valence electrons. The molecule has 1 amide bonds. The maximum absolute atomic E-state index is 14.8. The molecule has 0 bridgehead atoms. The Labute approximate surface area is 179 Å². The van der Waals surface area contributed by atoms with Gasteiger partial charge in [-0.25, -0.2) is 8.78 Å². The highest BCUT2D eigenvalue weighted by molar-refractivity contribution is 5.95. The molecule has 0 aliphatic carbocycles. The molecular weight excluding hydrogens is 398 g/mol. The summed E-state index contributed by atoms with van der Waals surface area (Å²) >= 11 is 0. The third kappa shape index (κ3) is 3.70. The summed E-state index contributed by atoms with van der Waals surface area (Å²) in [6.07, 6.45) is 8.65. The van der Waals surface area contributed by atoms with Crippen molar-refractivity contribution >= 4 is 16.8 Å². The number of aromatic amines is 1. The van der Waals surface area contributed by atoms with E-state index in [4.69, 9.17) is 6.42 Å². The standard InChI is InChI=1S/C25H24F2N2O2/c1-3-5-6-18-13-20-19-11-15(14-30)12-21(27)23(19)28-24(20)25(29(18)22(31)4-2)16-7-9-17(26)10-8-16/h2,7-12,18,25,28,30H,3,5-6,13-14H2,1H3/t18-,25-/m0/s1. The highest BCUT2D eigenvalue weighted by Gasteiger charge is 2.40. The number of fused-ring (bicyclic) bond motifs is 3. The zero-order valence-corrected chi connectivity index (χ0v) is 17.3. The highest BCUT2D eigenvalue weighted by atomic mass is 19.1. The van der Waals surface area contributed by atoms with E-state index >= 15 is 0 Å². The number of nitrogens with zero attached hydrogens (tertiary/aromatic N) is 1. The lowest BCUT2D eigenvalue weighted by atomic mass is 9.86. The fraction of sp³-hybridized carbons (Fsp3) is 0.320. The van der Waals surface area contributed by atoms with Crippen LogP contribution in [-0.4, -0.2) is 26.9 Å². The summed E-state index contributed by atoms with van der Waals surface area (Å²) in [7, 11) is 0. The number of rotatable bonds is 5. The summed E-state index contributed by atoms with van der Waals surface area (Å²) < 4.78 is 28.4. The van der Waals surface area contributed by atoms with Crippen molar-refractivity contribution in [1.29, 1.82) is 0 Å². The average molecular weight is 422 g/mol. The molecule has 2 aromatic carbocycles. The van der Waals surface area contributed by atoms with Crippen LogP contribution in [0.15, 0.2) is 36.4 Å². The Balaban J connectivity index is 1.97. The number of hydrogen-bond acceptors (Lipinski definition) is 2. The van der Waals surface area contributed by atoms with E-state index < -0.39 is 17.8 Å². The van der Waals surface area contributed by atoms with Crippen LogP contribution >= 0.6 is 0 Å². The number of amides is 1. The van der Waals surface area contributed by atoms with Crippen molar-refractivity contribution in [3.05, 3.63) is 70.4 Å². The molecule has 31 heavy (non-hydrogen) atoms. The number of halogens is 2. The molecule has 1 aliphatic rings. The molecule has 2 heterocycles. The van der Waals surface area contributed by atoms with Gasteiger partial charge in [0.15, 0.2) is 0 Å². The number of carbonyl (C=O) groups is 1. The molecule has 6 heteroatoms. The van der Waals surface area contributed by atoms with Crippen molar-refractivity contribution in [2.75, 3.05) is 0 Å². The SMILES string of the molecule is C#CC(=O)N1[C@@H](CCCC)Cc2c([nH]c3c(F)cc(CO)cc23)[C@@H]1c1ccc(F)cc1. The molecule has 2 N–H and O–H groups in total. The molecule has 1 aliphatic heterocycles. The van der Waals surface area contributed by atoms with E-state index in [1.165, 1.54) is 18.2 Å². The third-order valence-corrected chi connectivity index (χ3v) is 6.06. The van der Waals surface area contributed by atoms with Crippen LogP contribution in [0.1, 0.15) is 54.6 Å². The summed E-state index contributed by atoms with van der Waals surface area (Å²) in [5.74, 6) is 0.944. The number of benzene rings is 2. The summed E-state index contributed by atoms with van der Waals surface area (Å²) in [6, 6.07) is 8.27. The van der Waals surface area contributed by atoms with Crippen LogP contribution in [-0.2, 0) is 17.8 Å². The molecule has 1 aromatic heterocycles. The fourth-order valence-electron chi connectivity index (χ4n) is 4.62. The maximum Gasteiger partial charge on any atom is 0.299 e. The van der Waals surface area contributed by atoms with E-state index in [2.05, 4.69) is 17.8 Å². The minimum absolute atomic E-state index is 0.175. The molecule has 0 saturated carbocycles. The quantitative estimate of drug-likeness (QED) is 0.591. The van der Waals surface area contributed by atoms with Gasteiger partial charge in [-0.2, -0.15) is 0 Å². The zero-order valence-electron chi connectivity index (χ0n) is 17.3. The van der Waals surface area contributed by atoms with Crippen molar-refractivity contribution in [3.8, 4) is 12.3 Å². The lowest BCUT2D eigenvalue weighted by molar-refractivity contribution is -0.130. The Kier molecular flexibility index (Phi) is 5.79. The van der Waals surface area contributed by atoms with Gasteiger partial charge in [-0.3, -0.25) is 4.79 Å². The first-order valence-corrected chi connectivity index (χ1v) is 10.5. The number of unbranched alkanes of at least 4 members (excludes halogenated alkanes) is 1. The van der Waals surface area contributed by atoms with E-state index in [9.17, 15) is 18.7 Å². The molecule has 0 fully saturated rings. The summed E-state index contributed by atoms with van der Waals surface area (Å²) in [4.78, 5) is 17.7. The number of hydrogen-bond donors (Lipinski definition) is 2. The van der Waals surface area contributed by atoms with Gasteiger partial charge in [-0.05, 0) is 59.7 Å². The van der Waals surface area contributed by atoms with Gasteiger partial charge in [-0.1, -0.05) is 31.9 Å². The predicted molar refractivity (Wildman–Crippen MR) is 115 cm³/mol. The van der Waals surface area contributed by atoms with Crippen LogP contribution in [0, 0.1) is 24.0 Å². The average Bonchev–Trinajstić information content (AvgIpc) is 3.15. The van der Waals surface area contributed by atoms with Crippen molar-refractivity contribution in [1.82, 2.24) is 9.88 Å². The van der Waals surface area contributed by atoms with Crippen LogP contribution in [0.4, 0.5) is 8.78 Å². The minimum Gasteiger partial charge on any atom is -0.392 e. The van der Waals surface area contributed by atoms with Crippen molar-refractivity contribution in [2.24, 2.45) is 0 Å². The van der Waals surface area contributed by atoms with E-state index in [0.29, 0.717) is 34.1 Å². The normalized spacial score (nSPS) is 18.1. The second-order valence-corrected chi connectivity index (χ2v) is 7.99. The fourth-order valence-corrected chi connectivity index (χ4v) is 4.62. The molecule has 0 unspecified atom stereocenters. The van der Waals surface area contributed by atoms with Crippen molar-refractivity contribution in [2.45, 2.75) is 51.3 Å². The number of nitrogens with one attached hydrogen (secondary N) is 1. The van der Waals surface area contributed by atoms with Crippen LogP contribution in [0.25, 0.3) is 10.9 Å². The molecule has 2 atom stereocenters. The number of aromatic nitrogens is 1. The van der Waals surface area contributed by atoms with E-state index in [1.807, 2.05) is 0 Å². The number of aliphatic hydroxyl groups excluding tert-OH is 1. The van der Waals surface area contributed by atoms with Crippen molar-refractivity contribution < 1.29 is 18.7 Å². The van der Waals surface area contributed by atoms with Crippen LogP contribution in [0.5, 0.6) is 0 Å². The molecule has 0 spiro atoms. The van der Waals surface area contributed by atoms with Crippen LogP contribution in [0.2, 0.25) is 0 Å². The molecule has 4 rings (SSSR count). The van der Waals surface area contributed by atoms with Crippen LogP contribution in [0.3, 0.4) is 0 Å². The molecule has 3 aromatic rings. The number of terminal acetylenes is 1. The van der Waals surface area contributed by atoms with E-state index in [0.717, 1.165) is 24.8 Å². The zero-order chi connectivity index (χ0) is 22.1. The molecule has 0 radical (unpaired) electrons. The Morgan fingerprint density at radius 1 is 1.29 bits per heavy atom. The largest absolute Gasteiger partial charge is 0.392 e. The van der Waals surface area contributed by atoms with E-state index in [-0.39, 0.29) is 18.5 Å². The van der Waals surface area contributed by atoms with E-state index in [1.54, 1.807) is 23.1 Å². The Morgan fingerprint density at radius 2 is 2.03 bits per heavy atom. The summed E-state index contributed by atoms with van der Waals surface area (Å²) in [6.45, 7) is 1.81. The minimum atomic E-state index is -0.584. The molecule has 0 saturated heterocycles. The Morgan fingerprint density at radius 3 is 2.68 bits per heavy atom. The third-order valence-electron chi connectivity index (χ3n) is 6.06. The lowest BCUT2D eigenvalue weighted by Crippen LogP contribution is -2.47. The van der Waals surface area contributed by atoms with Gasteiger partial charge >= 0.3 is 0 Å². The Hall–Kier alpha value is -3.17. The summed E-state index contributed by atoms with van der Waals surface area (Å²) in [5.41, 5.74) is 3.09. The summed E-state index contributed by atoms with van der Waals surface area (Å²) in [5, 5.41) is 10.2. The molecular formula is C25H24F2N2O2. The number of aliphatic hydroxyl groups is 1. The van der Waals surface area contributed by atoms with Crippen LogP contribution < -0.4 is 0 Å². The second kappa shape index (κ2) is 8.52. The first-order valence-electron chi connectivity index (χ1n) is 10.5. The topological polar surface area (TPSA) is 56.3 Å². The van der Waals surface area contributed by atoms with Gasteiger partial charge < -0.3 is 15.0 Å². The van der Waals surface area contributed by atoms with Gasteiger partial charge in [0.2, 0.25) is 0 Å². The maximum atomic E-state index is 14.8. The second-order valence-electron chi connectivity index (χ2n) is 7.99. The predicted octanol–water partition coefficient (Wildman–Crippen LogP) is 4.60. The van der Waals surface area contributed by atoms with Gasteiger partial charge in [0.25, 0.3) is 5.91 Å². The first kappa shape index (κ1) is 21.1. The van der Waals surface area contributed by atoms with Gasteiger partial charge in [0, 0.05) is 17.1 Å². The van der Waals surface area contributed by atoms with Gasteiger partial charge in [0.05, 0.1) is 18.2 Å². The lowest BCUT2D eigenvalue weighted by Gasteiger charge is -2.41. The van der Waals surface area contributed by atoms with Crippen molar-refractivity contribution in [3.63, 3.8) is 0 Å². The molecule has 4 nitrogen and oxygen atoms in total. The Bertz CT molecular complexity index is 1160. The number of H-pyrrole nitrogens is 1. The first-order chi connectivity index (χ1) is 15.0. The highest BCUT2D eigenvalue weighted by Crippen LogP contribution is 2.42. The smallest absolute Gasteiger partial charge is 0.299 e. The van der Waals surface area contributed by atoms with Gasteiger partial charge in [-0.15, -0.1) is 6.42 Å². The monoisotopic (exact) mass is 422 g/mol. The van der Waals surface area contributed by atoms with Gasteiger partial charge in [0.1, 0.15) is 11.6 Å².